The van der Waals surface area contributed by atoms with Crippen molar-refractivity contribution in [2.24, 2.45) is 0 Å². The molecule has 0 spiro atoms. The van der Waals surface area contributed by atoms with Gasteiger partial charge in [-0.25, -0.2) is 0 Å². The van der Waals surface area contributed by atoms with Gasteiger partial charge in [-0.15, -0.1) is 0 Å². The van der Waals surface area contributed by atoms with Crippen LogP contribution in [0.4, 0.5) is 0 Å². The number of rotatable bonds is 1. The van der Waals surface area contributed by atoms with Crippen LogP contribution in [0.2, 0.25) is 0 Å². The van der Waals surface area contributed by atoms with E-state index in [9.17, 15) is 0 Å². The Morgan fingerprint density at radius 2 is 1.27 bits per heavy atom. The second-order valence-electron chi connectivity index (χ2n) is 6.55. The Hall–Kier alpha value is -2.84. The van der Waals surface area contributed by atoms with E-state index in [1.54, 1.807) is 0 Å². The molecule has 0 atom stereocenters. The minimum Gasteiger partial charge on any atom is -0.256 e. The third-order valence-electron chi connectivity index (χ3n) is 4.81. The second-order valence-corrected chi connectivity index (χ2v) is 7.60. The lowest BCUT2D eigenvalue weighted by Gasteiger charge is -2.13. The van der Waals surface area contributed by atoms with Gasteiger partial charge in [0.15, 0.2) is 0 Å². The maximum atomic E-state index is 4.69. The van der Waals surface area contributed by atoms with Crippen molar-refractivity contribution in [1.82, 2.24) is 4.98 Å². The number of pyridine rings is 1. The van der Waals surface area contributed by atoms with Crippen LogP contribution in [0.25, 0.3) is 33.5 Å². The van der Waals surface area contributed by atoms with Gasteiger partial charge in [0, 0.05) is 21.6 Å². The van der Waals surface area contributed by atoms with Crippen molar-refractivity contribution >= 4 is 11.8 Å². The lowest BCUT2D eigenvalue weighted by Crippen LogP contribution is -1.90. The van der Waals surface area contributed by atoms with E-state index in [0.29, 0.717) is 0 Å². The molecule has 1 aromatic heterocycles. The molecule has 0 radical (unpaired) electrons. The first-order chi connectivity index (χ1) is 12.8. The second kappa shape index (κ2) is 6.15. The minimum absolute atomic E-state index is 1.02. The molecule has 124 valence electrons. The van der Waals surface area contributed by atoms with Crippen LogP contribution in [-0.2, 0) is 0 Å². The summed E-state index contributed by atoms with van der Waals surface area (Å²) in [5.41, 5.74) is 8.56. The monoisotopic (exact) mass is 351 g/mol. The summed E-state index contributed by atoms with van der Waals surface area (Å²) in [7, 11) is 0. The zero-order chi connectivity index (χ0) is 17.5. The lowest BCUT2D eigenvalue weighted by atomic mass is 9.93. The largest absolute Gasteiger partial charge is 0.256 e. The first-order valence-corrected chi connectivity index (χ1v) is 9.55. The van der Waals surface area contributed by atoms with Gasteiger partial charge in [-0.2, -0.15) is 0 Å². The number of aromatic nitrogens is 1. The Balaban J connectivity index is 1.83. The van der Waals surface area contributed by atoms with Gasteiger partial charge < -0.3 is 0 Å². The zero-order valence-corrected chi connectivity index (χ0v) is 15.3. The highest BCUT2D eigenvalue weighted by Gasteiger charge is 2.22. The quantitative estimate of drug-likeness (QED) is 0.327. The van der Waals surface area contributed by atoms with Gasteiger partial charge in [0.1, 0.15) is 0 Å². The predicted molar refractivity (Wildman–Crippen MR) is 109 cm³/mol. The fourth-order valence-corrected chi connectivity index (χ4v) is 4.75. The standard InChI is InChI=1S/C24H17NS/c1-16-13-14-22(25-15-16)21-11-6-10-20-18-8-3-2-7-17(18)19-9-4-5-12-23(19)26-24(20)21/h2-15H,1H3. The summed E-state index contributed by atoms with van der Waals surface area (Å²) in [6, 6.07) is 28.2. The Labute approximate surface area is 157 Å². The third kappa shape index (κ3) is 2.46. The molecule has 0 bridgehead atoms. The van der Waals surface area contributed by atoms with Crippen molar-refractivity contribution < 1.29 is 0 Å². The van der Waals surface area contributed by atoms with Gasteiger partial charge in [0.05, 0.1) is 5.69 Å². The number of benzene rings is 3. The number of hydrogen-bond donors (Lipinski definition) is 0. The molecular formula is C24H17NS. The molecule has 4 aromatic rings. The fourth-order valence-electron chi connectivity index (χ4n) is 3.53. The van der Waals surface area contributed by atoms with Crippen molar-refractivity contribution in [3.05, 3.63) is 90.6 Å². The number of fused-ring (bicyclic) bond motifs is 5. The molecule has 1 aliphatic rings. The van der Waals surface area contributed by atoms with Crippen LogP contribution in [-0.4, -0.2) is 4.98 Å². The van der Waals surface area contributed by atoms with Gasteiger partial charge in [0.25, 0.3) is 0 Å². The predicted octanol–water partition coefficient (Wildman–Crippen LogP) is 6.86. The zero-order valence-electron chi connectivity index (χ0n) is 14.4. The molecule has 0 saturated heterocycles. The highest BCUT2D eigenvalue weighted by atomic mass is 32.2. The van der Waals surface area contributed by atoms with Gasteiger partial charge in [0.2, 0.25) is 0 Å². The van der Waals surface area contributed by atoms with Crippen molar-refractivity contribution in [3.63, 3.8) is 0 Å². The van der Waals surface area contributed by atoms with E-state index in [1.807, 2.05) is 18.0 Å². The molecule has 0 saturated carbocycles. The maximum absolute atomic E-state index is 4.69. The highest BCUT2D eigenvalue weighted by molar-refractivity contribution is 7.99. The normalized spacial score (nSPS) is 11.9. The molecule has 0 amide bonds. The van der Waals surface area contributed by atoms with E-state index >= 15 is 0 Å². The Kier molecular flexibility index (Phi) is 3.65. The van der Waals surface area contributed by atoms with Crippen molar-refractivity contribution in [2.75, 3.05) is 0 Å². The van der Waals surface area contributed by atoms with Crippen LogP contribution in [0.3, 0.4) is 0 Å². The molecule has 3 aromatic carbocycles. The van der Waals surface area contributed by atoms with Crippen LogP contribution >= 0.6 is 11.8 Å². The number of hydrogen-bond acceptors (Lipinski definition) is 2. The molecule has 26 heavy (non-hydrogen) atoms. The number of nitrogens with zero attached hydrogens (tertiary/aromatic N) is 1. The number of aryl methyl sites for hydroxylation is 1. The summed E-state index contributed by atoms with van der Waals surface area (Å²) in [5.74, 6) is 0. The minimum atomic E-state index is 1.02. The lowest BCUT2D eigenvalue weighted by molar-refractivity contribution is 1.25. The van der Waals surface area contributed by atoms with E-state index in [2.05, 4.69) is 90.8 Å². The Morgan fingerprint density at radius 1 is 0.615 bits per heavy atom. The van der Waals surface area contributed by atoms with Crippen LogP contribution in [0.1, 0.15) is 5.56 Å². The first kappa shape index (κ1) is 15.4. The summed E-state index contributed by atoms with van der Waals surface area (Å²) in [6.45, 7) is 2.07. The van der Waals surface area contributed by atoms with Gasteiger partial charge in [-0.05, 0) is 46.9 Å². The van der Waals surface area contributed by atoms with Crippen molar-refractivity contribution in [1.29, 1.82) is 0 Å². The summed E-state index contributed by atoms with van der Waals surface area (Å²) in [5, 5.41) is 0. The van der Waals surface area contributed by atoms with Crippen molar-refractivity contribution in [3.8, 4) is 33.5 Å². The van der Waals surface area contributed by atoms with E-state index < -0.39 is 0 Å². The third-order valence-corrected chi connectivity index (χ3v) is 6.03. The molecule has 0 unspecified atom stereocenters. The summed E-state index contributed by atoms with van der Waals surface area (Å²) < 4.78 is 0. The molecule has 1 nitrogen and oxygen atoms in total. The van der Waals surface area contributed by atoms with Crippen molar-refractivity contribution in [2.45, 2.75) is 16.7 Å². The average Bonchev–Trinajstić information content (AvgIpc) is 2.83. The topological polar surface area (TPSA) is 12.9 Å². The van der Waals surface area contributed by atoms with E-state index in [0.717, 1.165) is 5.69 Å². The molecule has 0 aliphatic carbocycles. The summed E-state index contributed by atoms with van der Waals surface area (Å²) in [6.07, 6.45) is 1.94. The van der Waals surface area contributed by atoms with E-state index in [-0.39, 0.29) is 0 Å². The van der Waals surface area contributed by atoms with Crippen LogP contribution < -0.4 is 0 Å². The average molecular weight is 351 g/mol. The Bertz CT molecular complexity index is 1110. The maximum Gasteiger partial charge on any atom is 0.0713 e. The molecule has 1 aliphatic heterocycles. The first-order valence-electron chi connectivity index (χ1n) is 8.74. The SMILES string of the molecule is Cc1ccc(-c2cccc3c2Sc2ccccc2-c2ccccc2-3)nc1. The Morgan fingerprint density at radius 3 is 2.04 bits per heavy atom. The smallest absolute Gasteiger partial charge is 0.0713 e. The van der Waals surface area contributed by atoms with Gasteiger partial charge in [-0.1, -0.05) is 78.5 Å². The molecule has 0 fully saturated rings. The fraction of sp³-hybridized carbons (Fsp3) is 0.0417. The van der Waals surface area contributed by atoms with Gasteiger partial charge in [-0.3, -0.25) is 4.98 Å². The molecule has 5 rings (SSSR count). The molecule has 2 heteroatoms. The van der Waals surface area contributed by atoms with E-state index in [1.165, 1.54) is 43.2 Å². The van der Waals surface area contributed by atoms with Gasteiger partial charge >= 0.3 is 0 Å². The summed E-state index contributed by atoms with van der Waals surface area (Å²) in [4.78, 5) is 7.25. The summed E-state index contributed by atoms with van der Waals surface area (Å²) >= 11 is 1.85. The molecule has 2 heterocycles. The molecular weight excluding hydrogens is 334 g/mol. The highest BCUT2D eigenvalue weighted by Crippen LogP contribution is 2.50. The van der Waals surface area contributed by atoms with Crippen LogP contribution in [0, 0.1) is 6.92 Å². The van der Waals surface area contributed by atoms with Crippen LogP contribution in [0.15, 0.2) is 94.9 Å². The van der Waals surface area contributed by atoms with E-state index in [4.69, 9.17) is 0 Å². The molecule has 0 N–H and O–H groups in total. The van der Waals surface area contributed by atoms with Crippen LogP contribution in [0.5, 0.6) is 0 Å².